The van der Waals surface area contributed by atoms with Gasteiger partial charge in [0.1, 0.15) is 10.0 Å². The number of halogens is 1. The molecule has 4 N–H and O–H groups in total. The standard InChI is InChI=1S/C17H21ClN4O8S/c1-6(14(25)26)29-21-10(11-12(18)31-16(19)20-11)9(23)5-8-13(24)22(17(8,3)4)30-7(2)15(27)28/h6-8H,5H2,1-4H3,(H2,19,20)(H,25,26)(H,27,28)/b21-10+/t6?,7?,8-/m1/s1. The number of thiazole rings is 1. The maximum absolute atomic E-state index is 13.0. The van der Waals surface area contributed by atoms with Crippen molar-refractivity contribution >= 4 is 57.4 Å². The molecule has 1 amide bonds. The first-order valence-corrected chi connectivity index (χ1v) is 10.1. The molecule has 1 aromatic heterocycles. The van der Waals surface area contributed by atoms with E-state index in [0.29, 0.717) is 0 Å². The average Bonchev–Trinajstić information content (AvgIpc) is 3.01. The third kappa shape index (κ3) is 5.11. The molecule has 0 bridgehead atoms. The van der Waals surface area contributed by atoms with E-state index in [1.165, 1.54) is 13.8 Å². The largest absolute Gasteiger partial charge is 0.479 e. The Bertz CT molecular complexity index is 947. The number of carbonyl (C=O) groups is 4. The van der Waals surface area contributed by atoms with Crippen LogP contribution in [0.25, 0.3) is 0 Å². The normalized spacial score (nSPS) is 20.0. The number of Topliss-reactive ketones (excluding diaryl/α,β-unsaturated/α-hetero) is 1. The van der Waals surface area contributed by atoms with Crippen LogP contribution in [0, 0.1) is 5.92 Å². The van der Waals surface area contributed by atoms with Crippen LogP contribution in [0.5, 0.6) is 0 Å². The summed E-state index contributed by atoms with van der Waals surface area (Å²) in [6, 6.07) is 0. The van der Waals surface area contributed by atoms with Gasteiger partial charge in [-0.1, -0.05) is 28.1 Å². The zero-order valence-corrected chi connectivity index (χ0v) is 18.6. The molecule has 1 fully saturated rings. The Balaban J connectivity index is 2.25. The lowest BCUT2D eigenvalue weighted by Crippen LogP contribution is -2.68. The van der Waals surface area contributed by atoms with E-state index in [1.54, 1.807) is 13.8 Å². The molecule has 1 aliphatic heterocycles. The highest BCUT2D eigenvalue weighted by Crippen LogP contribution is 2.41. The fourth-order valence-corrected chi connectivity index (χ4v) is 3.61. The molecule has 0 radical (unpaired) electrons. The fourth-order valence-electron chi connectivity index (χ4n) is 2.68. The van der Waals surface area contributed by atoms with Gasteiger partial charge in [-0.05, 0) is 27.7 Å². The summed E-state index contributed by atoms with van der Waals surface area (Å²) in [4.78, 5) is 61.4. The number of ketones is 1. The van der Waals surface area contributed by atoms with Gasteiger partial charge in [0.2, 0.25) is 6.10 Å². The monoisotopic (exact) mass is 476 g/mol. The van der Waals surface area contributed by atoms with Crippen LogP contribution in [0.15, 0.2) is 5.16 Å². The average molecular weight is 477 g/mol. The number of nitrogen functional groups attached to an aromatic ring is 1. The van der Waals surface area contributed by atoms with Crippen molar-refractivity contribution in [3.8, 4) is 0 Å². The van der Waals surface area contributed by atoms with Gasteiger partial charge in [0.15, 0.2) is 22.7 Å². The highest BCUT2D eigenvalue weighted by atomic mass is 35.5. The number of anilines is 1. The third-order valence-electron chi connectivity index (χ3n) is 4.62. The summed E-state index contributed by atoms with van der Waals surface area (Å²) in [5, 5.41) is 22.5. The molecule has 31 heavy (non-hydrogen) atoms. The predicted octanol–water partition coefficient (Wildman–Crippen LogP) is 1.17. The molecule has 0 aromatic carbocycles. The Morgan fingerprint density at radius 2 is 1.87 bits per heavy atom. The van der Waals surface area contributed by atoms with Crippen LogP contribution >= 0.6 is 22.9 Å². The van der Waals surface area contributed by atoms with Gasteiger partial charge < -0.3 is 20.8 Å². The van der Waals surface area contributed by atoms with Gasteiger partial charge >= 0.3 is 11.9 Å². The highest BCUT2D eigenvalue weighted by Gasteiger charge is 2.57. The van der Waals surface area contributed by atoms with Crippen molar-refractivity contribution in [3.05, 3.63) is 10.0 Å². The Labute approximate surface area is 185 Å². The van der Waals surface area contributed by atoms with Crippen molar-refractivity contribution in [1.29, 1.82) is 0 Å². The van der Waals surface area contributed by atoms with Gasteiger partial charge in [-0.25, -0.2) is 19.6 Å². The molecule has 14 heteroatoms. The minimum atomic E-state index is -1.36. The number of oxime groups is 1. The molecule has 2 rings (SSSR count). The summed E-state index contributed by atoms with van der Waals surface area (Å²) in [5.41, 5.74) is 4.14. The molecule has 0 spiro atoms. The SMILES string of the molecule is CC(O/N=C(\C(=O)C[C@@H]1C(=O)N(OC(C)C(=O)O)C1(C)C)c1nc(N)sc1Cl)C(=O)O. The second-order valence-corrected chi connectivity index (χ2v) is 8.88. The first-order chi connectivity index (χ1) is 14.3. The quantitative estimate of drug-likeness (QED) is 0.252. The number of β-lactam (4-membered cyclic amide) rings is 1. The van der Waals surface area contributed by atoms with Crippen LogP contribution in [0.2, 0.25) is 4.34 Å². The van der Waals surface area contributed by atoms with Crippen molar-refractivity contribution < 1.29 is 39.1 Å². The van der Waals surface area contributed by atoms with Gasteiger partial charge in [-0.15, -0.1) is 0 Å². The van der Waals surface area contributed by atoms with Crippen LogP contribution < -0.4 is 5.73 Å². The van der Waals surface area contributed by atoms with E-state index >= 15 is 0 Å². The Kier molecular flexibility index (Phi) is 7.24. The lowest BCUT2D eigenvalue weighted by atomic mass is 9.74. The minimum absolute atomic E-state index is 0.0376. The number of carbonyl (C=O) groups excluding carboxylic acids is 2. The van der Waals surface area contributed by atoms with Gasteiger partial charge in [-0.3, -0.25) is 14.4 Å². The van der Waals surface area contributed by atoms with E-state index in [1.807, 2.05) is 0 Å². The van der Waals surface area contributed by atoms with E-state index in [2.05, 4.69) is 10.1 Å². The zero-order chi connectivity index (χ0) is 23.7. The second-order valence-electron chi connectivity index (χ2n) is 7.25. The number of hydroxylamine groups is 2. The van der Waals surface area contributed by atoms with Crippen molar-refractivity contribution in [2.75, 3.05) is 5.73 Å². The van der Waals surface area contributed by atoms with Crippen molar-refractivity contribution in [3.63, 3.8) is 0 Å². The van der Waals surface area contributed by atoms with E-state index in [9.17, 15) is 19.2 Å². The van der Waals surface area contributed by atoms with Crippen molar-refractivity contribution in [2.24, 2.45) is 11.1 Å². The minimum Gasteiger partial charge on any atom is -0.479 e. The number of hydrogen-bond donors (Lipinski definition) is 3. The zero-order valence-electron chi connectivity index (χ0n) is 17.0. The maximum atomic E-state index is 13.0. The molecule has 12 nitrogen and oxygen atoms in total. The Morgan fingerprint density at radius 1 is 1.29 bits per heavy atom. The maximum Gasteiger partial charge on any atom is 0.347 e. The van der Waals surface area contributed by atoms with Gasteiger partial charge in [0.05, 0.1) is 11.5 Å². The topological polar surface area (TPSA) is 182 Å². The van der Waals surface area contributed by atoms with Crippen LogP contribution in [0.4, 0.5) is 5.13 Å². The van der Waals surface area contributed by atoms with Crippen LogP contribution in [0.1, 0.15) is 39.8 Å². The molecule has 170 valence electrons. The summed E-state index contributed by atoms with van der Waals surface area (Å²) in [6.45, 7) is 5.69. The van der Waals surface area contributed by atoms with Gasteiger partial charge in [0.25, 0.3) is 5.91 Å². The molecule has 2 heterocycles. The first kappa shape index (κ1) is 24.5. The van der Waals surface area contributed by atoms with Gasteiger partial charge in [-0.2, -0.15) is 0 Å². The summed E-state index contributed by atoms with van der Waals surface area (Å²) in [6.07, 6.45) is -2.98. The van der Waals surface area contributed by atoms with E-state index in [0.717, 1.165) is 16.4 Å². The lowest BCUT2D eigenvalue weighted by Gasteiger charge is -2.52. The number of aliphatic carboxylic acids is 2. The summed E-state index contributed by atoms with van der Waals surface area (Å²) < 4.78 is 0.0376. The lowest BCUT2D eigenvalue weighted by molar-refractivity contribution is -0.282. The number of aromatic nitrogens is 1. The number of nitrogens with zero attached hydrogens (tertiary/aromatic N) is 3. The molecular formula is C17H21ClN4O8S. The van der Waals surface area contributed by atoms with Crippen LogP contribution in [0.3, 0.4) is 0 Å². The highest BCUT2D eigenvalue weighted by molar-refractivity contribution is 7.19. The number of carboxylic acids is 2. The first-order valence-electron chi connectivity index (χ1n) is 8.93. The summed E-state index contributed by atoms with van der Waals surface area (Å²) >= 11 is 6.94. The number of rotatable bonds is 10. The predicted molar refractivity (Wildman–Crippen MR) is 108 cm³/mol. The molecule has 0 aliphatic carbocycles. The van der Waals surface area contributed by atoms with E-state index in [-0.39, 0.29) is 27.3 Å². The van der Waals surface area contributed by atoms with Crippen LogP contribution in [-0.4, -0.2) is 67.3 Å². The third-order valence-corrected chi connectivity index (χ3v) is 5.70. The van der Waals surface area contributed by atoms with Gasteiger partial charge in [0, 0.05) is 6.42 Å². The second kappa shape index (κ2) is 9.16. The number of carboxylic acid groups (broad SMARTS) is 2. The number of hydrogen-bond acceptors (Lipinski definition) is 10. The van der Waals surface area contributed by atoms with E-state index < -0.39 is 47.3 Å². The fraction of sp³-hybridized carbons (Fsp3) is 0.529. The molecule has 0 saturated carbocycles. The molecule has 3 atom stereocenters. The van der Waals surface area contributed by atoms with E-state index in [4.69, 9.17) is 37.2 Å². The Morgan fingerprint density at radius 3 is 2.32 bits per heavy atom. The summed E-state index contributed by atoms with van der Waals surface area (Å²) in [7, 11) is 0. The van der Waals surface area contributed by atoms with Crippen molar-refractivity contribution in [1.82, 2.24) is 10.0 Å². The number of nitrogens with two attached hydrogens (primary N) is 1. The summed E-state index contributed by atoms with van der Waals surface area (Å²) in [5.74, 6) is -4.71. The molecule has 1 aliphatic rings. The molecule has 1 aromatic rings. The van der Waals surface area contributed by atoms with Crippen LogP contribution in [-0.2, 0) is 28.9 Å². The Hall–Kier alpha value is -2.77. The molecule has 2 unspecified atom stereocenters. The number of amides is 1. The molecular weight excluding hydrogens is 456 g/mol. The van der Waals surface area contributed by atoms with Crippen molar-refractivity contribution in [2.45, 2.75) is 51.9 Å². The molecule has 1 saturated heterocycles. The smallest absolute Gasteiger partial charge is 0.347 e.